The van der Waals surface area contributed by atoms with Crippen molar-refractivity contribution in [3.05, 3.63) is 99.0 Å². The third-order valence-electron chi connectivity index (χ3n) is 7.69. The molecular formula is C30H29F6N5O. The molecule has 12 heteroatoms. The number of pyridine rings is 1. The first-order valence-electron chi connectivity index (χ1n) is 13.6. The summed E-state index contributed by atoms with van der Waals surface area (Å²) in [5, 5.41) is 8.48. The summed E-state index contributed by atoms with van der Waals surface area (Å²) in [7, 11) is 0. The van der Waals surface area contributed by atoms with Gasteiger partial charge in [0.25, 0.3) is 11.5 Å². The summed E-state index contributed by atoms with van der Waals surface area (Å²) in [6.07, 6.45) is 0.187. The molecule has 3 aromatic heterocycles. The number of nitrogens with zero attached hydrogens (tertiary/aromatic N) is 5. The summed E-state index contributed by atoms with van der Waals surface area (Å²) in [6, 6.07) is 10.0. The second-order valence-corrected chi connectivity index (χ2v) is 10.9. The minimum absolute atomic E-state index is 0.0275. The number of aryl methyl sites for hydroxylation is 1. The maximum Gasteiger partial charge on any atom is 0.418 e. The molecule has 3 heterocycles. The number of hydrogen-bond donors (Lipinski definition) is 0. The lowest BCUT2D eigenvalue weighted by atomic mass is 9.75. The van der Waals surface area contributed by atoms with Crippen LogP contribution >= 0.6 is 0 Å². The predicted octanol–water partition coefficient (Wildman–Crippen LogP) is 7.11. The predicted molar refractivity (Wildman–Crippen MR) is 144 cm³/mol. The molecule has 222 valence electrons. The van der Waals surface area contributed by atoms with Crippen LogP contribution in [0, 0.1) is 12.7 Å². The highest BCUT2D eigenvalue weighted by Gasteiger charge is 2.34. The van der Waals surface area contributed by atoms with Crippen LogP contribution < -0.4 is 5.56 Å². The second kappa shape index (κ2) is 11.4. The van der Waals surface area contributed by atoms with Crippen LogP contribution in [0.25, 0.3) is 11.4 Å². The average Bonchev–Trinajstić information content (AvgIpc) is 3.37. The van der Waals surface area contributed by atoms with Gasteiger partial charge in [0.2, 0.25) is 0 Å². The van der Waals surface area contributed by atoms with Crippen molar-refractivity contribution in [1.29, 1.82) is 0 Å². The molecule has 0 amide bonds. The smallest absolute Gasteiger partial charge is 0.267 e. The standard InChI is InChI=1S/C30H29F6N5O/c1-18-5-3-7-23(31)27(18)20-10-8-19(9-11-20)21-15-25(24-12-14-40(38-24)17-29(2,32)33)39-41(28(21)42)16-26-22(30(34,35)36)6-4-13-37-26/h3-7,12-15,19-20H,8-11,16-17H2,1-2H3. The quantitative estimate of drug-likeness (QED) is 0.216. The van der Waals surface area contributed by atoms with Crippen molar-refractivity contribution in [2.75, 3.05) is 0 Å². The van der Waals surface area contributed by atoms with Crippen LogP contribution in [0.15, 0.2) is 59.7 Å². The molecular weight excluding hydrogens is 560 g/mol. The largest absolute Gasteiger partial charge is 0.418 e. The van der Waals surface area contributed by atoms with Gasteiger partial charge < -0.3 is 0 Å². The Hall–Kier alpha value is -3.96. The first-order chi connectivity index (χ1) is 19.8. The lowest BCUT2D eigenvalue weighted by Gasteiger charge is -2.30. The van der Waals surface area contributed by atoms with Gasteiger partial charge in [-0.1, -0.05) is 12.1 Å². The molecule has 1 aromatic carbocycles. The Kier molecular flexibility index (Phi) is 8.00. The molecule has 0 unspecified atom stereocenters. The molecule has 1 fully saturated rings. The fraction of sp³-hybridized carbons (Fsp3) is 0.400. The van der Waals surface area contributed by atoms with Crippen molar-refractivity contribution in [2.45, 2.75) is 76.6 Å². The first-order valence-corrected chi connectivity index (χ1v) is 13.6. The van der Waals surface area contributed by atoms with Crippen molar-refractivity contribution >= 4 is 0 Å². The Morgan fingerprint density at radius 2 is 1.64 bits per heavy atom. The van der Waals surface area contributed by atoms with Crippen LogP contribution in [0.5, 0.6) is 0 Å². The van der Waals surface area contributed by atoms with Crippen LogP contribution in [0.1, 0.15) is 72.4 Å². The first kappa shape index (κ1) is 29.5. The maximum atomic E-state index is 14.6. The van der Waals surface area contributed by atoms with Crippen molar-refractivity contribution in [2.24, 2.45) is 0 Å². The Morgan fingerprint density at radius 1 is 0.929 bits per heavy atom. The van der Waals surface area contributed by atoms with Crippen molar-refractivity contribution in [3.8, 4) is 11.4 Å². The SMILES string of the molecule is Cc1cccc(F)c1C1CCC(c2cc(-c3ccn(CC(C)(F)F)n3)nn(Cc3ncccc3C(F)(F)F)c2=O)CC1. The highest BCUT2D eigenvalue weighted by atomic mass is 19.4. The number of rotatable bonds is 7. The van der Waals surface area contributed by atoms with E-state index in [0.717, 1.165) is 34.0 Å². The van der Waals surface area contributed by atoms with Crippen molar-refractivity contribution < 1.29 is 26.3 Å². The van der Waals surface area contributed by atoms with Crippen molar-refractivity contribution in [3.63, 3.8) is 0 Å². The second-order valence-electron chi connectivity index (χ2n) is 10.9. The molecule has 5 rings (SSSR count). The molecule has 0 radical (unpaired) electrons. The molecule has 1 saturated carbocycles. The van der Waals surface area contributed by atoms with E-state index in [1.54, 1.807) is 6.07 Å². The molecule has 0 bridgehead atoms. The van der Waals surface area contributed by atoms with E-state index >= 15 is 0 Å². The van der Waals surface area contributed by atoms with Gasteiger partial charge >= 0.3 is 6.18 Å². The Bertz CT molecular complexity index is 1610. The summed E-state index contributed by atoms with van der Waals surface area (Å²) in [6.45, 7) is 1.39. The van der Waals surface area contributed by atoms with E-state index in [0.29, 0.717) is 36.8 Å². The van der Waals surface area contributed by atoms with Gasteiger partial charge in [-0.25, -0.2) is 17.9 Å². The van der Waals surface area contributed by atoms with Gasteiger partial charge in [0, 0.05) is 24.9 Å². The van der Waals surface area contributed by atoms with Gasteiger partial charge in [-0.15, -0.1) is 0 Å². The molecule has 0 N–H and O–H groups in total. The minimum Gasteiger partial charge on any atom is -0.267 e. The molecule has 0 atom stereocenters. The summed E-state index contributed by atoms with van der Waals surface area (Å²) >= 11 is 0. The fourth-order valence-electron chi connectivity index (χ4n) is 5.78. The third-order valence-corrected chi connectivity index (χ3v) is 7.69. The van der Waals surface area contributed by atoms with E-state index in [4.69, 9.17) is 0 Å². The van der Waals surface area contributed by atoms with Gasteiger partial charge in [-0.3, -0.25) is 14.5 Å². The van der Waals surface area contributed by atoms with Gasteiger partial charge in [-0.05, 0) is 85.9 Å². The monoisotopic (exact) mass is 589 g/mol. The van der Waals surface area contributed by atoms with Crippen LogP contribution in [0.4, 0.5) is 26.3 Å². The van der Waals surface area contributed by atoms with E-state index in [-0.39, 0.29) is 34.7 Å². The summed E-state index contributed by atoms with van der Waals surface area (Å²) in [4.78, 5) is 17.5. The third kappa shape index (κ3) is 6.42. The summed E-state index contributed by atoms with van der Waals surface area (Å²) < 4.78 is 84.8. The van der Waals surface area contributed by atoms with E-state index < -0.39 is 36.3 Å². The maximum absolute atomic E-state index is 14.6. The molecule has 6 nitrogen and oxygen atoms in total. The Labute approximate surface area is 238 Å². The van der Waals surface area contributed by atoms with Crippen LogP contribution in [0.2, 0.25) is 0 Å². The Morgan fingerprint density at radius 3 is 2.31 bits per heavy atom. The number of benzene rings is 1. The number of alkyl halides is 5. The van der Waals surface area contributed by atoms with Gasteiger partial charge in [0.1, 0.15) is 23.7 Å². The number of hydrogen-bond acceptors (Lipinski definition) is 4. The fourth-order valence-corrected chi connectivity index (χ4v) is 5.78. The Balaban J connectivity index is 1.52. The zero-order chi connectivity index (χ0) is 30.2. The molecule has 1 aliphatic carbocycles. The van der Waals surface area contributed by atoms with Gasteiger partial charge in [0.05, 0.1) is 17.8 Å². The highest BCUT2D eigenvalue weighted by molar-refractivity contribution is 5.54. The van der Waals surface area contributed by atoms with Crippen molar-refractivity contribution in [1.82, 2.24) is 24.5 Å². The zero-order valence-corrected chi connectivity index (χ0v) is 23.0. The highest BCUT2D eigenvalue weighted by Crippen LogP contribution is 2.42. The molecule has 1 aliphatic rings. The number of aromatic nitrogens is 5. The van der Waals surface area contributed by atoms with E-state index in [2.05, 4.69) is 15.2 Å². The molecule has 0 spiro atoms. The van der Waals surface area contributed by atoms with Gasteiger partial charge in [-0.2, -0.15) is 23.4 Å². The molecule has 42 heavy (non-hydrogen) atoms. The van der Waals surface area contributed by atoms with Crippen LogP contribution in [0.3, 0.4) is 0 Å². The average molecular weight is 590 g/mol. The lowest BCUT2D eigenvalue weighted by molar-refractivity contribution is -0.138. The molecule has 0 aliphatic heterocycles. The summed E-state index contributed by atoms with van der Waals surface area (Å²) in [5.41, 5.74) is 0.291. The normalized spacial score (nSPS) is 17.9. The van der Waals surface area contributed by atoms with Crippen LogP contribution in [-0.4, -0.2) is 30.5 Å². The molecule has 4 aromatic rings. The zero-order valence-electron chi connectivity index (χ0n) is 23.0. The van der Waals surface area contributed by atoms with E-state index in [1.807, 2.05) is 13.0 Å². The van der Waals surface area contributed by atoms with E-state index in [9.17, 15) is 31.1 Å². The van der Waals surface area contributed by atoms with E-state index in [1.165, 1.54) is 30.6 Å². The lowest BCUT2D eigenvalue weighted by Crippen LogP contribution is -2.31. The van der Waals surface area contributed by atoms with Gasteiger partial charge in [0.15, 0.2) is 0 Å². The minimum atomic E-state index is -4.69. The topological polar surface area (TPSA) is 65.6 Å². The summed E-state index contributed by atoms with van der Waals surface area (Å²) in [5.74, 6) is -3.58. The van der Waals surface area contributed by atoms with Crippen LogP contribution in [-0.2, 0) is 19.3 Å². The molecule has 0 saturated heterocycles. The number of halogens is 6.